The van der Waals surface area contributed by atoms with Crippen LogP contribution in [-0.2, 0) is 16.6 Å². The van der Waals surface area contributed by atoms with Crippen molar-refractivity contribution in [2.75, 3.05) is 13.1 Å². The Labute approximate surface area is 206 Å². The number of hydrogen-bond donors (Lipinski definition) is 3. The summed E-state index contributed by atoms with van der Waals surface area (Å²) in [6.07, 6.45) is 4.67. The Kier molecular flexibility index (Phi) is 7.16. The summed E-state index contributed by atoms with van der Waals surface area (Å²) in [7, 11) is -3.07. The molecule has 0 aromatic heterocycles. The van der Waals surface area contributed by atoms with Crippen LogP contribution in [0.1, 0.15) is 64.5 Å². The maximum absolute atomic E-state index is 11.7. The Morgan fingerprint density at radius 2 is 1.76 bits per heavy atom. The second-order valence-electron chi connectivity index (χ2n) is 11.3. The number of carbonyl (C=O) groups is 1. The number of nitrogens with one attached hydrogen (secondary N) is 1. The normalized spacial score (nSPS) is 26.5. The molecule has 1 heterocycles. The summed E-state index contributed by atoms with van der Waals surface area (Å²) in [6, 6.07) is 18.6. The first-order chi connectivity index (χ1) is 16.0. The van der Waals surface area contributed by atoms with Crippen molar-refractivity contribution in [1.29, 1.82) is 0 Å². The van der Waals surface area contributed by atoms with Gasteiger partial charge in [0.2, 0.25) is 5.91 Å². The van der Waals surface area contributed by atoms with Crippen LogP contribution in [0.15, 0.2) is 59.5 Å². The van der Waals surface area contributed by atoms with Crippen LogP contribution >= 0.6 is 10.8 Å². The van der Waals surface area contributed by atoms with Crippen molar-refractivity contribution >= 4 is 16.7 Å². The van der Waals surface area contributed by atoms with E-state index in [0.717, 1.165) is 32.1 Å². The number of hydrogen-bond acceptors (Lipinski definition) is 4. The fraction of sp³-hybridized carbons (Fsp3) is 0.536. The summed E-state index contributed by atoms with van der Waals surface area (Å²) in [5, 5.41) is 3.13. The van der Waals surface area contributed by atoms with E-state index in [0.29, 0.717) is 23.9 Å². The van der Waals surface area contributed by atoms with Crippen LogP contribution in [0.5, 0.6) is 0 Å². The topological polar surface area (TPSA) is 72.8 Å². The lowest BCUT2D eigenvalue weighted by molar-refractivity contribution is -0.120. The van der Waals surface area contributed by atoms with Gasteiger partial charge in [-0.15, -0.1) is 10.8 Å². The molecule has 2 aliphatic rings. The predicted octanol–water partition coefficient (Wildman–Crippen LogP) is 6.25. The average Bonchev–Trinajstić information content (AvgIpc) is 2.79. The molecular formula is C28H40N2O3S. The summed E-state index contributed by atoms with van der Waals surface area (Å²) in [5.41, 5.74) is 2.45. The molecule has 186 valence electrons. The molecule has 1 aliphatic heterocycles. The Bertz CT molecular complexity index is 987. The molecular weight excluding hydrogens is 444 g/mol. The van der Waals surface area contributed by atoms with Crippen molar-refractivity contribution in [2.24, 2.45) is 11.3 Å². The smallest absolute Gasteiger partial charge is 0.217 e. The van der Waals surface area contributed by atoms with E-state index in [1.807, 2.05) is 34.6 Å². The minimum absolute atomic E-state index is 0.0199. The third-order valence-corrected chi connectivity index (χ3v) is 9.78. The van der Waals surface area contributed by atoms with E-state index in [1.54, 1.807) is 6.92 Å². The lowest BCUT2D eigenvalue weighted by Gasteiger charge is -2.57. The molecule has 2 fully saturated rings. The molecule has 2 aromatic rings. The van der Waals surface area contributed by atoms with E-state index < -0.39 is 10.8 Å². The van der Waals surface area contributed by atoms with E-state index in [4.69, 9.17) is 0 Å². The van der Waals surface area contributed by atoms with Gasteiger partial charge in [0.1, 0.15) is 0 Å². The number of fused-ring (bicyclic) bond motifs is 1. The monoisotopic (exact) mass is 484 g/mol. The third-order valence-electron chi connectivity index (χ3n) is 7.85. The summed E-state index contributed by atoms with van der Waals surface area (Å²) in [5.74, 6) is 0.471. The highest BCUT2D eigenvalue weighted by molar-refractivity contribution is 8.22. The first-order valence-corrected chi connectivity index (χ1v) is 13.9. The fourth-order valence-corrected chi connectivity index (χ4v) is 7.55. The number of rotatable bonds is 5. The number of nitrogens with zero attached hydrogens (tertiary/aromatic N) is 1. The van der Waals surface area contributed by atoms with Gasteiger partial charge in [-0.3, -0.25) is 13.9 Å². The van der Waals surface area contributed by atoms with Crippen molar-refractivity contribution in [1.82, 2.24) is 9.62 Å². The van der Waals surface area contributed by atoms with Gasteiger partial charge in [-0.25, -0.2) is 4.31 Å². The Morgan fingerprint density at radius 1 is 1.09 bits per heavy atom. The van der Waals surface area contributed by atoms with Crippen LogP contribution in [0.3, 0.4) is 0 Å². The van der Waals surface area contributed by atoms with Gasteiger partial charge in [0.05, 0.1) is 4.90 Å². The maximum atomic E-state index is 11.7. The molecule has 0 unspecified atom stereocenters. The minimum atomic E-state index is -3.07. The van der Waals surface area contributed by atoms with Crippen LogP contribution < -0.4 is 5.32 Å². The van der Waals surface area contributed by atoms with Crippen LogP contribution in [0.25, 0.3) is 0 Å². The van der Waals surface area contributed by atoms with Crippen LogP contribution in [-0.4, -0.2) is 38.4 Å². The van der Waals surface area contributed by atoms with Crippen molar-refractivity contribution < 1.29 is 13.9 Å². The summed E-state index contributed by atoms with van der Waals surface area (Å²) < 4.78 is 24.8. The van der Waals surface area contributed by atoms with E-state index in [-0.39, 0.29) is 22.8 Å². The van der Waals surface area contributed by atoms with Crippen molar-refractivity contribution in [2.45, 2.75) is 76.2 Å². The second kappa shape index (κ2) is 9.65. The molecule has 2 aromatic carbocycles. The highest BCUT2D eigenvalue weighted by Gasteiger charge is 2.49. The largest absolute Gasteiger partial charge is 0.354 e. The van der Waals surface area contributed by atoms with Crippen LogP contribution in [0.2, 0.25) is 0 Å². The number of benzene rings is 2. The summed E-state index contributed by atoms with van der Waals surface area (Å²) in [6.45, 7) is 9.38. The molecule has 1 aliphatic carbocycles. The molecule has 3 atom stereocenters. The van der Waals surface area contributed by atoms with Gasteiger partial charge in [0.25, 0.3) is 0 Å². The molecule has 3 N–H and O–H groups in total. The third kappa shape index (κ3) is 5.35. The maximum Gasteiger partial charge on any atom is 0.217 e. The predicted molar refractivity (Wildman–Crippen MR) is 140 cm³/mol. The van der Waals surface area contributed by atoms with E-state index in [2.05, 4.69) is 50.4 Å². The van der Waals surface area contributed by atoms with Gasteiger partial charge in [0.15, 0.2) is 0 Å². The van der Waals surface area contributed by atoms with Crippen LogP contribution in [0, 0.1) is 11.3 Å². The number of piperidine rings is 1. The van der Waals surface area contributed by atoms with Gasteiger partial charge < -0.3 is 5.32 Å². The quantitative estimate of drug-likeness (QED) is 0.469. The molecule has 0 bridgehead atoms. The van der Waals surface area contributed by atoms with Gasteiger partial charge >= 0.3 is 0 Å². The molecule has 0 radical (unpaired) electrons. The Morgan fingerprint density at radius 3 is 2.38 bits per heavy atom. The number of carbonyl (C=O) groups excluding carboxylic acids is 1. The van der Waals surface area contributed by atoms with Gasteiger partial charge in [-0.2, -0.15) is 0 Å². The Balaban J connectivity index is 1.59. The SMILES string of the molecule is CC(=O)N[C@@H]1CC[C@]2(Cc3ccccc3)CN(S(O)(O)c3ccc(C(C)(C)C)cc3)CC[C@H]2C1. The van der Waals surface area contributed by atoms with E-state index >= 15 is 0 Å². The molecule has 0 spiro atoms. The zero-order chi connectivity index (χ0) is 24.6. The van der Waals surface area contributed by atoms with Crippen LogP contribution in [0.4, 0.5) is 0 Å². The van der Waals surface area contributed by atoms with Gasteiger partial charge in [-0.05, 0) is 72.1 Å². The lowest BCUT2D eigenvalue weighted by atomic mass is 9.59. The Hall–Kier alpha value is -1.86. The first kappa shape index (κ1) is 25.2. The fourth-order valence-electron chi connectivity index (χ4n) is 5.95. The van der Waals surface area contributed by atoms with E-state index in [1.165, 1.54) is 11.1 Å². The molecule has 4 rings (SSSR count). The van der Waals surface area contributed by atoms with Gasteiger partial charge in [-0.1, -0.05) is 63.2 Å². The van der Waals surface area contributed by atoms with Gasteiger partial charge in [0, 0.05) is 26.1 Å². The summed E-state index contributed by atoms with van der Waals surface area (Å²) in [4.78, 5) is 12.3. The molecule has 6 heteroatoms. The molecule has 1 amide bonds. The number of amides is 1. The lowest BCUT2D eigenvalue weighted by Crippen LogP contribution is -2.55. The van der Waals surface area contributed by atoms with Crippen molar-refractivity contribution in [3.63, 3.8) is 0 Å². The van der Waals surface area contributed by atoms with Crippen molar-refractivity contribution in [3.05, 3.63) is 65.7 Å². The standard InChI is InChI=1S/C28H40N2O3S/c1-21(31)29-25-14-16-28(19-22-8-6-5-7-9-22)20-30(17-15-24(28)18-25)34(32,33)26-12-10-23(11-13-26)27(2,3)4/h5-13,24-25,32-33H,14-20H2,1-4H3,(H,29,31)/t24-,25+,28-/m0/s1. The molecule has 5 nitrogen and oxygen atoms in total. The highest BCUT2D eigenvalue weighted by Crippen LogP contribution is 2.58. The summed E-state index contributed by atoms with van der Waals surface area (Å²) >= 11 is 0. The molecule has 34 heavy (non-hydrogen) atoms. The van der Waals surface area contributed by atoms with Crippen molar-refractivity contribution in [3.8, 4) is 0 Å². The first-order valence-electron chi connectivity index (χ1n) is 12.4. The molecule has 1 saturated heterocycles. The molecule has 1 saturated carbocycles. The highest BCUT2D eigenvalue weighted by atomic mass is 32.3. The zero-order valence-electron chi connectivity index (χ0n) is 21.0. The average molecular weight is 485 g/mol. The zero-order valence-corrected chi connectivity index (χ0v) is 21.8. The minimum Gasteiger partial charge on any atom is -0.354 e. The van der Waals surface area contributed by atoms with E-state index in [9.17, 15) is 13.9 Å². The second-order valence-corrected chi connectivity index (χ2v) is 13.4.